The summed E-state index contributed by atoms with van der Waals surface area (Å²) in [4.78, 5) is 18.5. The molecule has 3 rings (SSSR count). The number of hydrogen-bond donors (Lipinski definition) is 1. The maximum absolute atomic E-state index is 4.70. The number of aromatic nitrogens is 3. The zero-order valence-corrected chi connectivity index (χ0v) is 13.4. The zero-order valence-electron chi connectivity index (χ0n) is 12.6. The molecule has 1 fully saturated rings. The minimum Gasteiger partial charge on any atom is -0.354 e. The second kappa shape index (κ2) is 6.39. The van der Waals surface area contributed by atoms with E-state index in [-0.39, 0.29) is 0 Å². The van der Waals surface area contributed by atoms with Crippen molar-refractivity contribution in [1.82, 2.24) is 15.0 Å². The number of hydrogen-bond acceptors (Lipinski definition) is 6. The number of thiophene rings is 1. The van der Waals surface area contributed by atoms with E-state index in [2.05, 4.69) is 46.2 Å². The summed E-state index contributed by atoms with van der Waals surface area (Å²) in [6, 6.07) is 4.20. The zero-order chi connectivity index (χ0) is 14.7. The molecule has 112 valence electrons. The van der Waals surface area contributed by atoms with E-state index in [0.29, 0.717) is 5.95 Å². The van der Waals surface area contributed by atoms with E-state index in [1.807, 2.05) is 0 Å². The van der Waals surface area contributed by atoms with Crippen LogP contribution in [0.4, 0.5) is 11.9 Å². The van der Waals surface area contributed by atoms with E-state index in [0.717, 1.165) is 36.3 Å². The Morgan fingerprint density at radius 1 is 1.14 bits per heavy atom. The minimum absolute atomic E-state index is 0.675. The first-order chi connectivity index (χ1) is 10.3. The maximum Gasteiger partial charge on any atom is 0.230 e. The topological polar surface area (TPSA) is 53.9 Å². The van der Waals surface area contributed by atoms with Gasteiger partial charge in [0.2, 0.25) is 11.9 Å². The molecule has 0 aromatic carbocycles. The Hall–Kier alpha value is -1.69. The predicted molar refractivity (Wildman–Crippen MR) is 88.1 cm³/mol. The van der Waals surface area contributed by atoms with Crippen LogP contribution >= 0.6 is 11.3 Å². The lowest BCUT2D eigenvalue weighted by Crippen LogP contribution is -2.31. The van der Waals surface area contributed by atoms with E-state index < -0.39 is 0 Å². The first kappa shape index (κ1) is 14.3. The lowest BCUT2D eigenvalue weighted by Gasteiger charge is -2.26. The average molecular weight is 303 g/mol. The van der Waals surface area contributed by atoms with Crippen LogP contribution in [0.5, 0.6) is 0 Å². The Kier molecular flexibility index (Phi) is 4.34. The lowest BCUT2D eigenvalue weighted by molar-refractivity contribution is 0.568. The van der Waals surface area contributed by atoms with Crippen molar-refractivity contribution in [3.63, 3.8) is 0 Å². The lowest BCUT2D eigenvalue weighted by atomic mass is 10.1. The van der Waals surface area contributed by atoms with Crippen LogP contribution < -0.4 is 10.2 Å². The molecule has 21 heavy (non-hydrogen) atoms. The van der Waals surface area contributed by atoms with Gasteiger partial charge in [0.1, 0.15) is 0 Å². The van der Waals surface area contributed by atoms with E-state index in [1.165, 1.54) is 24.1 Å². The van der Waals surface area contributed by atoms with Crippen LogP contribution in [0.2, 0.25) is 0 Å². The van der Waals surface area contributed by atoms with Crippen LogP contribution in [0.15, 0.2) is 12.1 Å². The molecule has 0 unspecified atom stereocenters. The van der Waals surface area contributed by atoms with Crippen molar-refractivity contribution >= 4 is 23.2 Å². The summed E-state index contributed by atoms with van der Waals surface area (Å²) in [6.07, 6.45) is 3.74. The number of anilines is 2. The number of piperidine rings is 1. The fourth-order valence-corrected chi connectivity index (χ4v) is 3.30. The fraction of sp³-hybridized carbons (Fsp3) is 0.533. The highest BCUT2D eigenvalue weighted by Crippen LogP contribution is 2.27. The summed E-state index contributed by atoms with van der Waals surface area (Å²) in [5.74, 6) is 2.26. The van der Waals surface area contributed by atoms with Gasteiger partial charge in [-0.2, -0.15) is 15.0 Å². The van der Waals surface area contributed by atoms with Crippen molar-refractivity contribution in [2.24, 2.45) is 0 Å². The summed E-state index contributed by atoms with van der Waals surface area (Å²) in [7, 11) is 0. The van der Waals surface area contributed by atoms with Gasteiger partial charge in [-0.05, 0) is 45.2 Å². The van der Waals surface area contributed by atoms with Crippen LogP contribution in [-0.4, -0.2) is 34.6 Å². The van der Waals surface area contributed by atoms with E-state index in [1.54, 1.807) is 11.3 Å². The van der Waals surface area contributed by atoms with Crippen molar-refractivity contribution in [2.75, 3.05) is 29.9 Å². The summed E-state index contributed by atoms with van der Waals surface area (Å²) in [6.45, 7) is 7.05. The third kappa shape index (κ3) is 3.32. The third-order valence-electron chi connectivity index (χ3n) is 3.56. The Bertz CT molecular complexity index is 604. The van der Waals surface area contributed by atoms with Gasteiger partial charge in [-0.1, -0.05) is 0 Å². The molecule has 1 aliphatic heterocycles. The Morgan fingerprint density at radius 2 is 1.95 bits per heavy atom. The molecular formula is C15H21N5S. The van der Waals surface area contributed by atoms with Crippen molar-refractivity contribution in [2.45, 2.75) is 33.1 Å². The molecule has 1 N–H and O–H groups in total. The normalized spacial score (nSPS) is 15.2. The molecule has 0 aliphatic carbocycles. The van der Waals surface area contributed by atoms with Gasteiger partial charge in [0.15, 0.2) is 5.82 Å². The van der Waals surface area contributed by atoms with E-state index >= 15 is 0 Å². The van der Waals surface area contributed by atoms with Crippen molar-refractivity contribution < 1.29 is 0 Å². The highest BCUT2D eigenvalue weighted by molar-refractivity contribution is 7.15. The van der Waals surface area contributed by atoms with E-state index in [4.69, 9.17) is 4.98 Å². The highest BCUT2D eigenvalue weighted by atomic mass is 32.1. The molecule has 0 atom stereocenters. The Labute approximate surface area is 129 Å². The predicted octanol–water partition coefficient (Wildman–Crippen LogP) is 3.33. The second-order valence-corrected chi connectivity index (χ2v) is 6.56. The number of nitrogens with zero attached hydrogens (tertiary/aromatic N) is 4. The van der Waals surface area contributed by atoms with Crippen LogP contribution in [0.1, 0.15) is 31.1 Å². The molecule has 6 heteroatoms. The minimum atomic E-state index is 0.675. The fourth-order valence-electron chi connectivity index (χ4n) is 2.50. The monoisotopic (exact) mass is 303 g/mol. The van der Waals surface area contributed by atoms with Gasteiger partial charge in [-0.3, -0.25) is 0 Å². The van der Waals surface area contributed by atoms with Crippen LogP contribution in [-0.2, 0) is 0 Å². The van der Waals surface area contributed by atoms with Crippen LogP contribution in [0.25, 0.3) is 10.7 Å². The van der Waals surface area contributed by atoms with Gasteiger partial charge >= 0.3 is 0 Å². The molecule has 0 amide bonds. The molecule has 0 radical (unpaired) electrons. The quantitative estimate of drug-likeness (QED) is 0.939. The van der Waals surface area contributed by atoms with Crippen molar-refractivity contribution in [3.05, 3.63) is 17.0 Å². The van der Waals surface area contributed by atoms with Crippen molar-refractivity contribution in [3.8, 4) is 10.7 Å². The molecule has 1 aliphatic rings. The largest absolute Gasteiger partial charge is 0.354 e. The molecule has 0 bridgehead atoms. The molecule has 1 saturated heterocycles. The number of rotatable bonds is 4. The molecule has 2 aromatic heterocycles. The van der Waals surface area contributed by atoms with Gasteiger partial charge in [0, 0.05) is 24.5 Å². The summed E-state index contributed by atoms with van der Waals surface area (Å²) >= 11 is 1.72. The molecular weight excluding hydrogens is 282 g/mol. The molecule has 0 saturated carbocycles. The third-order valence-corrected chi connectivity index (χ3v) is 4.55. The first-order valence-corrected chi connectivity index (χ1v) is 8.39. The average Bonchev–Trinajstić information content (AvgIpc) is 2.95. The summed E-state index contributed by atoms with van der Waals surface area (Å²) < 4.78 is 0. The Morgan fingerprint density at radius 3 is 2.62 bits per heavy atom. The second-order valence-electron chi connectivity index (χ2n) is 5.27. The molecule has 2 aromatic rings. The highest BCUT2D eigenvalue weighted by Gasteiger charge is 2.17. The smallest absolute Gasteiger partial charge is 0.230 e. The van der Waals surface area contributed by atoms with Crippen LogP contribution in [0.3, 0.4) is 0 Å². The van der Waals surface area contributed by atoms with Gasteiger partial charge in [-0.15, -0.1) is 11.3 Å². The SMILES string of the molecule is CCNc1nc(-c2ccc(C)s2)nc(N2CCCCC2)n1. The van der Waals surface area contributed by atoms with Gasteiger partial charge in [-0.25, -0.2) is 0 Å². The van der Waals surface area contributed by atoms with Crippen molar-refractivity contribution in [1.29, 1.82) is 0 Å². The summed E-state index contributed by atoms with van der Waals surface area (Å²) in [5, 5.41) is 3.22. The standard InChI is InChI=1S/C15H21N5S/c1-3-16-14-17-13(12-8-7-11(2)21-12)18-15(19-14)20-9-5-4-6-10-20/h7-8H,3-6,9-10H2,1-2H3,(H,16,17,18,19). The number of aryl methyl sites for hydroxylation is 1. The van der Waals surface area contributed by atoms with Gasteiger partial charge in [0.05, 0.1) is 4.88 Å². The Balaban J connectivity index is 1.96. The van der Waals surface area contributed by atoms with E-state index in [9.17, 15) is 0 Å². The summed E-state index contributed by atoms with van der Waals surface area (Å²) in [5.41, 5.74) is 0. The van der Waals surface area contributed by atoms with Gasteiger partial charge < -0.3 is 10.2 Å². The molecule has 3 heterocycles. The van der Waals surface area contributed by atoms with Gasteiger partial charge in [0.25, 0.3) is 0 Å². The molecule has 0 spiro atoms. The maximum atomic E-state index is 4.70. The van der Waals surface area contributed by atoms with Crippen LogP contribution in [0, 0.1) is 6.92 Å². The first-order valence-electron chi connectivity index (χ1n) is 7.58. The number of nitrogens with one attached hydrogen (secondary N) is 1. The molecule has 5 nitrogen and oxygen atoms in total.